The topological polar surface area (TPSA) is 87.5 Å². The van der Waals surface area contributed by atoms with E-state index in [9.17, 15) is 18.4 Å². The molecular weight excluding hydrogens is 490 g/mol. The molecule has 0 radical (unpaired) electrons. The molecule has 7 nitrogen and oxygen atoms in total. The van der Waals surface area contributed by atoms with Gasteiger partial charge in [-0.25, -0.2) is 13.8 Å². The fraction of sp³-hybridized carbons (Fsp3) is 0.414. The number of nitrogens with zero attached hydrogens (tertiary/aromatic N) is 2. The number of hydrogen-bond donors (Lipinski definition) is 2. The van der Waals surface area contributed by atoms with E-state index in [0.29, 0.717) is 49.6 Å². The fourth-order valence-electron chi connectivity index (χ4n) is 4.70. The van der Waals surface area contributed by atoms with Gasteiger partial charge in [0.1, 0.15) is 12.3 Å². The Kier molecular flexibility index (Phi) is 8.56. The smallest absolute Gasteiger partial charge is 0.270 e. The van der Waals surface area contributed by atoms with Crippen molar-refractivity contribution in [1.82, 2.24) is 20.5 Å². The highest BCUT2D eigenvalue weighted by Crippen LogP contribution is 2.33. The first-order valence-electron chi connectivity index (χ1n) is 12.9. The van der Waals surface area contributed by atoms with Crippen molar-refractivity contribution in [3.63, 3.8) is 0 Å². The van der Waals surface area contributed by atoms with Crippen LogP contribution in [0.15, 0.2) is 53.1 Å². The van der Waals surface area contributed by atoms with Crippen LogP contribution in [0.2, 0.25) is 0 Å². The molecule has 0 saturated carbocycles. The zero-order chi connectivity index (χ0) is 27.3. The lowest BCUT2D eigenvalue weighted by atomic mass is 10.0. The molecule has 2 heterocycles. The molecule has 1 aliphatic rings. The second kappa shape index (κ2) is 11.9. The lowest BCUT2D eigenvalue weighted by Crippen LogP contribution is -2.31. The highest BCUT2D eigenvalue weighted by Gasteiger charge is 2.34. The number of oxazole rings is 1. The molecule has 1 fully saturated rings. The van der Waals surface area contributed by atoms with Crippen molar-refractivity contribution in [2.75, 3.05) is 19.6 Å². The molecule has 1 aliphatic heterocycles. The van der Waals surface area contributed by atoms with Crippen LogP contribution in [-0.2, 0) is 12.5 Å². The third-order valence-corrected chi connectivity index (χ3v) is 6.60. The van der Waals surface area contributed by atoms with Crippen LogP contribution in [0.1, 0.15) is 81.2 Å². The SMILES string of the molecule is Cc1cc(C(=O)NCCCNCc2cccc(C(C)(F)F)c2)cc(C(=O)N2CCCC2c2nc(C)co2)c1. The van der Waals surface area contributed by atoms with E-state index in [4.69, 9.17) is 4.42 Å². The summed E-state index contributed by atoms with van der Waals surface area (Å²) in [5, 5.41) is 6.12. The summed E-state index contributed by atoms with van der Waals surface area (Å²) in [4.78, 5) is 32.4. The molecule has 9 heteroatoms. The number of aryl methyl sites for hydroxylation is 2. The largest absolute Gasteiger partial charge is 0.446 e. The normalized spacial score (nSPS) is 15.6. The quantitative estimate of drug-likeness (QED) is 0.352. The molecular formula is C29H34F2N4O3. The molecule has 1 aromatic heterocycles. The second-order valence-corrected chi connectivity index (χ2v) is 9.95. The van der Waals surface area contributed by atoms with Crippen molar-refractivity contribution in [1.29, 1.82) is 0 Å². The van der Waals surface area contributed by atoms with Crippen LogP contribution in [-0.4, -0.2) is 41.3 Å². The monoisotopic (exact) mass is 524 g/mol. The highest BCUT2D eigenvalue weighted by molar-refractivity contribution is 6.00. The number of rotatable bonds is 10. The lowest BCUT2D eigenvalue weighted by molar-refractivity contribution is 0.0174. The predicted octanol–water partition coefficient (Wildman–Crippen LogP) is 5.29. The van der Waals surface area contributed by atoms with Gasteiger partial charge in [-0.15, -0.1) is 0 Å². The first kappa shape index (κ1) is 27.4. The van der Waals surface area contributed by atoms with Crippen molar-refractivity contribution in [3.8, 4) is 0 Å². The number of halogens is 2. The van der Waals surface area contributed by atoms with Crippen molar-refractivity contribution in [2.24, 2.45) is 0 Å². The number of amides is 2. The molecule has 2 N–H and O–H groups in total. The molecule has 0 bridgehead atoms. The summed E-state index contributed by atoms with van der Waals surface area (Å²) < 4.78 is 32.6. The first-order valence-corrected chi connectivity index (χ1v) is 12.9. The molecule has 1 atom stereocenters. The van der Waals surface area contributed by atoms with Crippen LogP contribution < -0.4 is 10.6 Å². The minimum absolute atomic E-state index is 0.00643. The maximum absolute atomic E-state index is 13.5. The number of aromatic nitrogens is 1. The van der Waals surface area contributed by atoms with Gasteiger partial charge in [0, 0.05) is 43.2 Å². The van der Waals surface area contributed by atoms with Gasteiger partial charge in [0.25, 0.3) is 17.7 Å². The van der Waals surface area contributed by atoms with Gasteiger partial charge in [-0.2, -0.15) is 0 Å². The number of likely N-dealkylation sites (tertiary alicyclic amines) is 1. The van der Waals surface area contributed by atoms with Crippen LogP contribution >= 0.6 is 0 Å². The maximum atomic E-state index is 13.5. The van der Waals surface area contributed by atoms with Gasteiger partial charge in [-0.3, -0.25) is 9.59 Å². The van der Waals surface area contributed by atoms with E-state index in [1.165, 1.54) is 12.1 Å². The molecule has 4 rings (SSSR count). The molecule has 202 valence electrons. The number of nitrogens with one attached hydrogen (secondary N) is 2. The molecule has 2 amide bonds. The third kappa shape index (κ3) is 6.83. The van der Waals surface area contributed by atoms with E-state index in [2.05, 4.69) is 15.6 Å². The van der Waals surface area contributed by atoms with Crippen LogP contribution in [0.5, 0.6) is 0 Å². The molecule has 0 spiro atoms. The molecule has 38 heavy (non-hydrogen) atoms. The standard InChI is InChI=1S/C29H34F2N4O3/c1-19-13-22(16-23(14-19)28(37)35-12-5-9-25(35)27-34-20(2)18-38-27)26(36)33-11-6-10-32-17-21-7-4-8-24(15-21)29(3,30)31/h4,7-8,13-16,18,25,32H,5-6,9-12,17H2,1-3H3,(H,33,36). The van der Waals surface area contributed by atoms with Gasteiger partial charge in [0.2, 0.25) is 5.89 Å². The molecule has 3 aromatic rings. The van der Waals surface area contributed by atoms with E-state index in [1.54, 1.807) is 41.5 Å². The minimum Gasteiger partial charge on any atom is -0.446 e. The van der Waals surface area contributed by atoms with Gasteiger partial charge in [0.05, 0.1) is 5.69 Å². The van der Waals surface area contributed by atoms with E-state index in [-0.39, 0.29) is 23.4 Å². The number of hydrogen-bond acceptors (Lipinski definition) is 5. The number of carbonyl (C=O) groups is 2. The summed E-state index contributed by atoms with van der Waals surface area (Å²) in [6.45, 7) is 6.72. The van der Waals surface area contributed by atoms with Crippen molar-refractivity contribution in [3.05, 3.63) is 88.1 Å². The molecule has 1 unspecified atom stereocenters. The molecule has 2 aromatic carbocycles. The van der Waals surface area contributed by atoms with Gasteiger partial charge < -0.3 is 20.0 Å². The Balaban J connectivity index is 1.28. The van der Waals surface area contributed by atoms with Crippen molar-refractivity contribution < 1.29 is 22.8 Å². The Hall–Kier alpha value is -3.59. The number of alkyl halides is 2. The van der Waals surface area contributed by atoms with Crippen LogP contribution in [0.25, 0.3) is 0 Å². The Bertz CT molecular complexity index is 1280. The second-order valence-electron chi connectivity index (χ2n) is 9.95. The van der Waals surface area contributed by atoms with Crippen molar-refractivity contribution in [2.45, 2.75) is 58.5 Å². The number of carbonyl (C=O) groups excluding carboxylic acids is 2. The van der Waals surface area contributed by atoms with Gasteiger partial charge in [0.15, 0.2) is 0 Å². The van der Waals surface area contributed by atoms with Crippen molar-refractivity contribution >= 4 is 11.8 Å². The maximum Gasteiger partial charge on any atom is 0.270 e. The summed E-state index contributed by atoms with van der Waals surface area (Å²) >= 11 is 0. The van der Waals surface area contributed by atoms with Crippen LogP contribution in [0.3, 0.4) is 0 Å². The Morgan fingerprint density at radius 1 is 1.13 bits per heavy atom. The summed E-state index contributed by atoms with van der Waals surface area (Å²) in [6.07, 6.45) is 3.90. The zero-order valence-corrected chi connectivity index (χ0v) is 22.0. The molecule has 0 aliphatic carbocycles. The molecule has 1 saturated heterocycles. The fourth-order valence-corrected chi connectivity index (χ4v) is 4.70. The highest BCUT2D eigenvalue weighted by atomic mass is 19.3. The minimum atomic E-state index is -2.87. The first-order chi connectivity index (χ1) is 18.1. The van der Waals surface area contributed by atoms with Gasteiger partial charge >= 0.3 is 0 Å². The summed E-state index contributed by atoms with van der Waals surface area (Å²) in [7, 11) is 0. The number of benzene rings is 2. The van der Waals surface area contributed by atoms with Gasteiger partial charge in [-0.1, -0.05) is 18.2 Å². The average molecular weight is 525 g/mol. The zero-order valence-electron chi connectivity index (χ0n) is 22.0. The van der Waals surface area contributed by atoms with Gasteiger partial charge in [-0.05, 0) is 75.0 Å². The summed E-state index contributed by atoms with van der Waals surface area (Å²) in [6, 6.07) is 11.3. The summed E-state index contributed by atoms with van der Waals surface area (Å²) in [5.74, 6) is -2.72. The van der Waals surface area contributed by atoms with Crippen LogP contribution in [0, 0.1) is 13.8 Å². The average Bonchev–Trinajstić information content (AvgIpc) is 3.54. The lowest BCUT2D eigenvalue weighted by Gasteiger charge is -2.23. The van der Waals surface area contributed by atoms with E-state index in [1.807, 2.05) is 13.8 Å². The Morgan fingerprint density at radius 2 is 1.92 bits per heavy atom. The third-order valence-electron chi connectivity index (χ3n) is 6.60. The predicted molar refractivity (Wildman–Crippen MR) is 140 cm³/mol. The van der Waals surface area contributed by atoms with E-state index in [0.717, 1.165) is 36.6 Å². The van der Waals surface area contributed by atoms with E-state index >= 15 is 0 Å². The van der Waals surface area contributed by atoms with Crippen LogP contribution in [0.4, 0.5) is 8.78 Å². The Labute approximate surface area is 221 Å². The van der Waals surface area contributed by atoms with E-state index < -0.39 is 5.92 Å². The summed E-state index contributed by atoms with van der Waals surface area (Å²) in [5.41, 5.74) is 3.27. The Morgan fingerprint density at radius 3 is 2.66 bits per heavy atom.